The molecule has 1 atom stereocenters. The Morgan fingerprint density at radius 2 is 1.32 bits per heavy atom. The van der Waals surface area contributed by atoms with Gasteiger partial charge in [0, 0.05) is 10.8 Å². The van der Waals surface area contributed by atoms with Crippen LogP contribution in [0.2, 0.25) is 0 Å². The molecule has 0 amide bonds. The molecular weight excluding hydrogens is 292 g/mol. The Bertz CT molecular complexity index is 633. The molecule has 22 heavy (non-hydrogen) atoms. The second-order valence-corrected chi connectivity index (χ2v) is 6.24. The van der Waals surface area contributed by atoms with Crippen LogP contribution in [0.25, 0.3) is 0 Å². The minimum absolute atomic E-state index is 0.0877. The molecule has 0 spiro atoms. The number of rotatable bonds is 6. The smallest absolute Gasteiger partial charge is 0.141 e. The third-order valence-electron chi connectivity index (χ3n) is 3.84. The second kappa shape index (κ2) is 7.41. The first kappa shape index (κ1) is 16.5. The average molecular weight is 312 g/mol. The van der Waals surface area contributed by atoms with Gasteiger partial charge in [-0.1, -0.05) is 42.5 Å². The van der Waals surface area contributed by atoms with E-state index in [-0.39, 0.29) is 17.5 Å². The lowest BCUT2D eigenvalue weighted by Gasteiger charge is -2.24. The van der Waals surface area contributed by atoms with E-state index in [4.69, 9.17) is 0 Å². The molecular formula is C19H20O2S. The van der Waals surface area contributed by atoms with Crippen molar-refractivity contribution in [1.82, 2.24) is 0 Å². The minimum atomic E-state index is -0.637. The molecule has 2 nitrogen and oxygen atoms in total. The zero-order chi connectivity index (χ0) is 16.1. The Morgan fingerprint density at radius 3 is 1.77 bits per heavy atom. The van der Waals surface area contributed by atoms with Crippen LogP contribution >= 0.6 is 11.8 Å². The van der Waals surface area contributed by atoms with Gasteiger partial charge in [-0.15, -0.1) is 11.8 Å². The molecule has 0 bridgehead atoms. The Kier molecular flexibility index (Phi) is 5.56. The van der Waals surface area contributed by atoms with Crippen LogP contribution in [-0.4, -0.2) is 17.8 Å². The van der Waals surface area contributed by atoms with Crippen LogP contribution in [0.3, 0.4) is 0 Å². The minimum Gasteiger partial charge on any atom is -0.299 e. The summed E-state index contributed by atoms with van der Waals surface area (Å²) in [4.78, 5) is 25.3. The summed E-state index contributed by atoms with van der Waals surface area (Å²) in [6, 6.07) is 17.9. The molecule has 0 N–H and O–H groups in total. The largest absolute Gasteiger partial charge is 0.299 e. The van der Waals surface area contributed by atoms with E-state index in [9.17, 15) is 9.59 Å². The standard InChI is InChI=1S/C19H20O2S/c1-13(20)18(14(2)21)19(15-7-5-4-6-8-15)16-9-11-17(22-3)12-10-16/h4-12,18-19H,1-3H3/t19-/m0/s1. The maximum atomic E-state index is 12.1. The third-order valence-corrected chi connectivity index (χ3v) is 4.59. The van der Waals surface area contributed by atoms with Gasteiger partial charge in [-0.25, -0.2) is 0 Å². The van der Waals surface area contributed by atoms with Crippen molar-refractivity contribution >= 4 is 23.3 Å². The predicted octanol–water partition coefficient (Wildman–Crippen LogP) is 4.33. The van der Waals surface area contributed by atoms with Gasteiger partial charge in [0.1, 0.15) is 11.6 Å². The zero-order valence-electron chi connectivity index (χ0n) is 13.1. The number of hydrogen-bond donors (Lipinski definition) is 0. The highest BCUT2D eigenvalue weighted by molar-refractivity contribution is 7.98. The molecule has 0 fully saturated rings. The fraction of sp³-hybridized carbons (Fsp3) is 0.263. The monoisotopic (exact) mass is 312 g/mol. The summed E-state index contributed by atoms with van der Waals surface area (Å²) < 4.78 is 0. The van der Waals surface area contributed by atoms with E-state index in [2.05, 4.69) is 0 Å². The first-order valence-corrected chi connectivity index (χ1v) is 8.47. The molecule has 0 aliphatic carbocycles. The number of thioether (sulfide) groups is 1. The summed E-state index contributed by atoms with van der Waals surface area (Å²) >= 11 is 1.67. The number of ketones is 2. The van der Waals surface area contributed by atoms with Crippen LogP contribution in [-0.2, 0) is 9.59 Å². The zero-order valence-corrected chi connectivity index (χ0v) is 13.9. The van der Waals surface area contributed by atoms with Gasteiger partial charge in [0.2, 0.25) is 0 Å². The quantitative estimate of drug-likeness (QED) is 0.588. The van der Waals surface area contributed by atoms with E-state index >= 15 is 0 Å². The maximum Gasteiger partial charge on any atom is 0.141 e. The average Bonchev–Trinajstić information content (AvgIpc) is 2.52. The molecule has 0 saturated carbocycles. The van der Waals surface area contributed by atoms with Gasteiger partial charge in [0.25, 0.3) is 0 Å². The lowest BCUT2D eigenvalue weighted by Crippen LogP contribution is -2.27. The fourth-order valence-corrected chi connectivity index (χ4v) is 3.21. The number of Topliss-reactive ketones (excluding diaryl/α,β-unsaturated/α-hetero) is 2. The molecule has 2 aromatic rings. The van der Waals surface area contributed by atoms with Crippen LogP contribution in [0.5, 0.6) is 0 Å². The lowest BCUT2D eigenvalue weighted by molar-refractivity contribution is -0.130. The number of benzene rings is 2. The molecule has 0 heterocycles. The van der Waals surface area contributed by atoms with Crippen molar-refractivity contribution in [2.75, 3.05) is 6.26 Å². The van der Waals surface area contributed by atoms with E-state index in [1.54, 1.807) is 11.8 Å². The Morgan fingerprint density at radius 1 is 0.818 bits per heavy atom. The summed E-state index contributed by atoms with van der Waals surface area (Å²) in [5.41, 5.74) is 1.99. The van der Waals surface area contributed by atoms with E-state index in [1.165, 1.54) is 13.8 Å². The Labute approximate surface area is 135 Å². The van der Waals surface area contributed by atoms with Gasteiger partial charge in [0.15, 0.2) is 0 Å². The van der Waals surface area contributed by atoms with Gasteiger partial charge in [-0.05, 0) is 43.4 Å². The second-order valence-electron chi connectivity index (χ2n) is 5.36. The van der Waals surface area contributed by atoms with E-state index in [1.807, 2.05) is 60.9 Å². The molecule has 0 radical (unpaired) electrons. The SMILES string of the molecule is CSc1ccc([C@H](c2ccccc2)C(C(C)=O)C(C)=O)cc1. The topological polar surface area (TPSA) is 34.1 Å². The molecule has 0 aromatic heterocycles. The van der Waals surface area contributed by atoms with Crippen molar-refractivity contribution < 1.29 is 9.59 Å². The van der Waals surface area contributed by atoms with E-state index < -0.39 is 5.92 Å². The number of carbonyl (C=O) groups is 2. The van der Waals surface area contributed by atoms with Crippen molar-refractivity contribution in [2.45, 2.75) is 24.7 Å². The third kappa shape index (κ3) is 3.66. The van der Waals surface area contributed by atoms with Gasteiger partial charge >= 0.3 is 0 Å². The summed E-state index contributed by atoms with van der Waals surface area (Å²) in [5, 5.41) is 0. The molecule has 114 valence electrons. The highest BCUT2D eigenvalue weighted by Gasteiger charge is 2.32. The molecule has 0 aliphatic rings. The first-order chi connectivity index (χ1) is 10.5. The van der Waals surface area contributed by atoms with Crippen LogP contribution in [0.1, 0.15) is 30.9 Å². The van der Waals surface area contributed by atoms with Gasteiger partial charge in [-0.3, -0.25) is 9.59 Å². The summed E-state index contributed by atoms with van der Waals surface area (Å²) in [7, 11) is 0. The fourth-order valence-electron chi connectivity index (χ4n) is 2.80. The van der Waals surface area contributed by atoms with E-state index in [0.29, 0.717) is 0 Å². The lowest BCUT2D eigenvalue weighted by atomic mass is 9.77. The van der Waals surface area contributed by atoms with Crippen LogP contribution < -0.4 is 0 Å². The number of carbonyl (C=O) groups excluding carboxylic acids is 2. The van der Waals surface area contributed by atoms with Crippen molar-refractivity contribution in [1.29, 1.82) is 0 Å². The molecule has 3 heteroatoms. The van der Waals surface area contributed by atoms with Crippen molar-refractivity contribution in [3.8, 4) is 0 Å². The van der Waals surface area contributed by atoms with Crippen LogP contribution in [0.4, 0.5) is 0 Å². The molecule has 0 saturated heterocycles. The summed E-state index contributed by atoms with van der Waals surface area (Å²) in [6.45, 7) is 3.00. The van der Waals surface area contributed by atoms with Gasteiger partial charge in [-0.2, -0.15) is 0 Å². The normalized spacial score (nSPS) is 12.2. The van der Waals surface area contributed by atoms with Crippen molar-refractivity contribution in [2.24, 2.45) is 5.92 Å². The Balaban J connectivity index is 2.53. The number of hydrogen-bond acceptors (Lipinski definition) is 3. The maximum absolute atomic E-state index is 12.1. The van der Waals surface area contributed by atoms with Crippen molar-refractivity contribution in [3.05, 3.63) is 65.7 Å². The van der Waals surface area contributed by atoms with Crippen molar-refractivity contribution in [3.63, 3.8) is 0 Å². The van der Waals surface area contributed by atoms with Crippen LogP contribution in [0.15, 0.2) is 59.5 Å². The highest BCUT2D eigenvalue weighted by Crippen LogP contribution is 2.34. The highest BCUT2D eigenvalue weighted by atomic mass is 32.2. The molecule has 2 rings (SSSR count). The molecule has 2 aromatic carbocycles. The predicted molar refractivity (Wildman–Crippen MR) is 91.4 cm³/mol. The van der Waals surface area contributed by atoms with E-state index in [0.717, 1.165) is 16.0 Å². The summed E-state index contributed by atoms with van der Waals surface area (Å²) in [6.07, 6.45) is 2.03. The van der Waals surface area contributed by atoms with Gasteiger partial charge < -0.3 is 0 Å². The Hall–Kier alpha value is -1.87. The first-order valence-electron chi connectivity index (χ1n) is 7.24. The molecule has 0 aliphatic heterocycles. The van der Waals surface area contributed by atoms with Crippen LogP contribution in [0, 0.1) is 5.92 Å². The summed E-state index contributed by atoms with van der Waals surface area (Å²) in [5.74, 6) is -1.04. The van der Waals surface area contributed by atoms with Gasteiger partial charge in [0.05, 0.1) is 5.92 Å². The molecule has 0 unspecified atom stereocenters.